The Morgan fingerprint density at radius 3 is 2.59 bits per heavy atom. The van der Waals surface area contributed by atoms with Gasteiger partial charge in [0.1, 0.15) is 0 Å². The molecular formula is C17H22N2O3. The zero-order chi connectivity index (χ0) is 15.9. The minimum atomic E-state index is -0.586. The molecule has 3 unspecified atom stereocenters. The highest BCUT2D eigenvalue weighted by atomic mass is 16.5. The van der Waals surface area contributed by atoms with Crippen molar-refractivity contribution in [1.29, 1.82) is 0 Å². The average molecular weight is 302 g/mol. The molecule has 1 aromatic rings. The van der Waals surface area contributed by atoms with Crippen molar-refractivity contribution in [3.63, 3.8) is 0 Å². The van der Waals surface area contributed by atoms with Gasteiger partial charge < -0.3 is 15.0 Å². The van der Waals surface area contributed by atoms with Gasteiger partial charge in [0.05, 0.1) is 11.3 Å². The van der Waals surface area contributed by atoms with Crippen LogP contribution in [0, 0.1) is 0 Å². The van der Waals surface area contributed by atoms with Gasteiger partial charge in [-0.15, -0.1) is 0 Å². The predicted octanol–water partition coefficient (Wildman–Crippen LogP) is 2.81. The Hall–Kier alpha value is -2.04. The van der Waals surface area contributed by atoms with E-state index >= 15 is 0 Å². The van der Waals surface area contributed by atoms with E-state index < -0.39 is 6.10 Å². The van der Waals surface area contributed by atoms with Crippen LogP contribution in [0.2, 0.25) is 0 Å². The Kier molecular flexibility index (Phi) is 3.81. The van der Waals surface area contributed by atoms with E-state index in [0.717, 1.165) is 19.3 Å². The van der Waals surface area contributed by atoms with Gasteiger partial charge in [-0.2, -0.15) is 0 Å². The van der Waals surface area contributed by atoms with Gasteiger partial charge in [0.25, 0.3) is 11.8 Å². The summed E-state index contributed by atoms with van der Waals surface area (Å²) in [4.78, 5) is 26.7. The largest absolute Gasteiger partial charge is 0.478 e. The van der Waals surface area contributed by atoms with E-state index in [-0.39, 0.29) is 23.9 Å². The first kappa shape index (κ1) is 14.9. The molecule has 118 valence electrons. The number of piperidine rings is 1. The van der Waals surface area contributed by atoms with Gasteiger partial charge >= 0.3 is 0 Å². The van der Waals surface area contributed by atoms with Crippen LogP contribution in [0.25, 0.3) is 0 Å². The zero-order valence-electron chi connectivity index (χ0n) is 13.3. The van der Waals surface area contributed by atoms with Crippen LogP contribution >= 0.6 is 0 Å². The van der Waals surface area contributed by atoms with Gasteiger partial charge in [0.2, 0.25) is 0 Å². The summed E-state index contributed by atoms with van der Waals surface area (Å²) < 4.78 is 5.70. The van der Waals surface area contributed by atoms with Crippen LogP contribution in [0.3, 0.4) is 0 Å². The monoisotopic (exact) mass is 302 g/mol. The first-order valence-corrected chi connectivity index (χ1v) is 7.92. The smallest absolute Gasteiger partial charge is 0.265 e. The summed E-state index contributed by atoms with van der Waals surface area (Å²) in [5.74, 6) is 0.293. The number of ether oxygens (including phenoxy) is 1. The SMILES string of the molecule is CC1Oc2c(cccc2C(=O)N2C(C)CCCC2C)NC1=O. The van der Waals surface area contributed by atoms with Gasteiger partial charge in [-0.25, -0.2) is 0 Å². The number of nitrogens with one attached hydrogen (secondary N) is 1. The molecule has 1 fully saturated rings. The fraction of sp³-hybridized carbons (Fsp3) is 0.529. The minimum Gasteiger partial charge on any atom is -0.478 e. The van der Waals surface area contributed by atoms with E-state index in [1.54, 1.807) is 25.1 Å². The van der Waals surface area contributed by atoms with Crippen molar-refractivity contribution >= 4 is 17.5 Å². The molecule has 0 radical (unpaired) electrons. The summed E-state index contributed by atoms with van der Waals surface area (Å²) >= 11 is 0. The number of hydrogen-bond donors (Lipinski definition) is 1. The molecule has 5 nitrogen and oxygen atoms in total. The summed E-state index contributed by atoms with van der Waals surface area (Å²) in [5, 5.41) is 2.80. The molecule has 0 saturated carbocycles. The van der Waals surface area contributed by atoms with Crippen molar-refractivity contribution in [3.8, 4) is 5.75 Å². The van der Waals surface area contributed by atoms with E-state index in [1.807, 2.05) is 4.90 Å². The van der Waals surface area contributed by atoms with Crippen LogP contribution < -0.4 is 10.1 Å². The average Bonchev–Trinajstić information content (AvgIpc) is 2.47. The molecule has 3 rings (SSSR count). The first-order chi connectivity index (χ1) is 10.5. The molecular weight excluding hydrogens is 280 g/mol. The molecule has 1 N–H and O–H groups in total. The molecule has 0 bridgehead atoms. The van der Waals surface area contributed by atoms with Crippen LogP contribution in [0.5, 0.6) is 5.75 Å². The van der Waals surface area contributed by atoms with E-state index in [1.165, 1.54) is 0 Å². The Balaban J connectivity index is 1.97. The fourth-order valence-corrected chi connectivity index (χ4v) is 3.36. The quantitative estimate of drug-likeness (QED) is 0.868. The van der Waals surface area contributed by atoms with Crippen molar-refractivity contribution in [3.05, 3.63) is 23.8 Å². The predicted molar refractivity (Wildman–Crippen MR) is 84.1 cm³/mol. The van der Waals surface area contributed by atoms with Crippen LogP contribution in [0.1, 0.15) is 50.4 Å². The number of fused-ring (bicyclic) bond motifs is 1. The second-order valence-corrected chi connectivity index (χ2v) is 6.27. The van der Waals surface area contributed by atoms with Gasteiger partial charge in [0, 0.05) is 12.1 Å². The Labute approximate surface area is 130 Å². The number of rotatable bonds is 1. The molecule has 2 heterocycles. The van der Waals surface area contributed by atoms with Gasteiger partial charge in [-0.3, -0.25) is 9.59 Å². The molecule has 2 amide bonds. The summed E-state index contributed by atoms with van der Waals surface area (Å²) in [5.41, 5.74) is 1.11. The Morgan fingerprint density at radius 2 is 1.91 bits per heavy atom. The number of nitrogens with zero attached hydrogens (tertiary/aromatic N) is 1. The molecule has 2 aliphatic rings. The molecule has 0 aliphatic carbocycles. The third kappa shape index (κ3) is 2.45. The van der Waals surface area contributed by atoms with Gasteiger partial charge in [-0.1, -0.05) is 6.07 Å². The van der Waals surface area contributed by atoms with E-state index in [4.69, 9.17) is 4.74 Å². The maximum atomic E-state index is 13.0. The first-order valence-electron chi connectivity index (χ1n) is 7.92. The van der Waals surface area contributed by atoms with E-state index in [9.17, 15) is 9.59 Å². The second kappa shape index (κ2) is 5.63. The highest BCUT2D eigenvalue weighted by molar-refractivity contribution is 6.04. The lowest BCUT2D eigenvalue weighted by Gasteiger charge is -2.39. The number of anilines is 1. The molecule has 3 atom stereocenters. The van der Waals surface area contributed by atoms with E-state index in [0.29, 0.717) is 17.0 Å². The lowest BCUT2D eigenvalue weighted by Crippen LogP contribution is -2.47. The summed E-state index contributed by atoms with van der Waals surface area (Å²) in [6.45, 7) is 5.87. The highest BCUT2D eigenvalue weighted by Crippen LogP contribution is 2.35. The molecule has 5 heteroatoms. The number of amides is 2. The topological polar surface area (TPSA) is 58.6 Å². The van der Waals surface area contributed by atoms with Crippen molar-refractivity contribution < 1.29 is 14.3 Å². The number of carbonyl (C=O) groups is 2. The zero-order valence-corrected chi connectivity index (χ0v) is 13.3. The van der Waals surface area contributed by atoms with Crippen LogP contribution in [-0.2, 0) is 4.79 Å². The van der Waals surface area contributed by atoms with Crippen LogP contribution in [0.4, 0.5) is 5.69 Å². The fourth-order valence-electron chi connectivity index (χ4n) is 3.36. The summed E-state index contributed by atoms with van der Waals surface area (Å²) in [6.07, 6.45) is 2.62. The minimum absolute atomic E-state index is 0.0140. The third-order valence-corrected chi connectivity index (χ3v) is 4.60. The summed E-state index contributed by atoms with van der Waals surface area (Å²) in [6, 6.07) is 5.77. The number of likely N-dealkylation sites (tertiary alicyclic amines) is 1. The van der Waals surface area contributed by atoms with Crippen molar-refractivity contribution in [2.24, 2.45) is 0 Å². The summed E-state index contributed by atoms with van der Waals surface area (Å²) in [7, 11) is 0. The Morgan fingerprint density at radius 1 is 1.23 bits per heavy atom. The van der Waals surface area contributed by atoms with Crippen molar-refractivity contribution in [1.82, 2.24) is 4.90 Å². The van der Waals surface area contributed by atoms with Crippen molar-refractivity contribution in [2.75, 3.05) is 5.32 Å². The standard InChI is InChI=1S/C17H22N2O3/c1-10-6-4-7-11(2)19(10)17(21)13-8-5-9-14-15(13)22-12(3)16(20)18-14/h5,8-12H,4,6-7H2,1-3H3,(H,18,20). The molecule has 2 aliphatic heterocycles. The molecule has 0 aromatic heterocycles. The number of hydrogen-bond acceptors (Lipinski definition) is 3. The maximum absolute atomic E-state index is 13.0. The maximum Gasteiger partial charge on any atom is 0.265 e. The van der Waals surface area contributed by atoms with Gasteiger partial charge in [-0.05, 0) is 52.2 Å². The molecule has 1 aromatic carbocycles. The normalized spacial score (nSPS) is 27.7. The number of para-hydroxylation sites is 1. The molecule has 22 heavy (non-hydrogen) atoms. The van der Waals surface area contributed by atoms with E-state index in [2.05, 4.69) is 19.2 Å². The van der Waals surface area contributed by atoms with Crippen molar-refractivity contribution in [2.45, 2.75) is 58.2 Å². The number of benzene rings is 1. The highest BCUT2D eigenvalue weighted by Gasteiger charge is 2.34. The molecule has 0 spiro atoms. The second-order valence-electron chi connectivity index (χ2n) is 6.27. The van der Waals surface area contributed by atoms with Crippen LogP contribution in [-0.4, -0.2) is 34.9 Å². The van der Waals surface area contributed by atoms with Gasteiger partial charge in [0.15, 0.2) is 11.9 Å². The number of carbonyl (C=O) groups excluding carboxylic acids is 2. The lowest BCUT2D eigenvalue weighted by atomic mass is 9.96. The third-order valence-electron chi connectivity index (χ3n) is 4.60. The molecule has 1 saturated heterocycles. The Bertz CT molecular complexity index is 604. The lowest BCUT2D eigenvalue weighted by molar-refractivity contribution is -0.122. The van der Waals surface area contributed by atoms with Crippen LogP contribution in [0.15, 0.2) is 18.2 Å².